The Morgan fingerprint density at radius 1 is 1.08 bits per heavy atom. The second-order valence-corrected chi connectivity index (χ2v) is 8.38. The molecule has 0 N–H and O–H groups in total. The van der Waals surface area contributed by atoms with Gasteiger partial charge in [-0.05, 0) is 49.4 Å². The normalized spacial score (nSPS) is 14.8. The van der Waals surface area contributed by atoms with Crippen molar-refractivity contribution >= 4 is 52.3 Å². The Labute approximate surface area is 212 Å². The first-order valence-corrected chi connectivity index (χ1v) is 10.9. The molecule has 0 radical (unpaired) electrons. The largest absolute Gasteiger partial charge is 0.448 e. The van der Waals surface area contributed by atoms with Gasteiger partial charge in [-0.2, -0.15) is 23.3 Å². The molecule has 3 aromatic carbocycles. The van der Waals surface area contributed by atoms with E-state index in [0.29, 0.717) is 23.5 Å². The van der Waals surface area contributed by atoms with Gasteiger partial charge in [0, 0.05) is 16.7 Å². The molecule has 0 bridgehead atoms. The lowest BCUT2D eigenvalue weighted by Crippen LogP contribution is -2.21. The van der Waals surface area contributed by atoms with Gasteiger partial charge in [-0.15, -0.1) is 0 Å². The van der Waals surface area contributed by atoms with Crippen molar-refractivity contribution < 1.29 is 27.6 Å². The van der Waals surface area contributed by atoms with Crippen molar-refractivity contribution in [1.29, 1.82) is 0 Å². The first kappa shape index (κ1) is 25.2. The van der Waals surface area contributed by atoms with E-state index in [9.17, 15) is 28.1 Å². The maximum Gasteiger partial charge on any atom is 0.416 e. The summed E-state index contributed by atoms with van der Waals surface area (Å²) in [5.74, 6) is -1.08. The van der Waals surface area contributed by atoms with Crippen LogP contribution in [-0.2, 0) is 11.0 Å². The summed E-state index contributed by atoms with van der Waals surface area (Å²) in [6.07, 6.45) is -3.39. The molecule has 12 heteroatoms. The molecule has 0 saturated heterocycles. The molecule has 1 heterocycles. The van der Waals surface area contributed by atoms with Crippen molar-refractivity contribution in [2.45, 2.75) is 13.1 Å². The van der Waals surface area contributed by atoms with Crippen molar-refractivity contribution in [2.75, 3.05) is 5.01 Å². The van der Waals surface area contributed by atoms with E-state index in [1.165, 1.54) is 23.2 Å². The van der Waals surface area contributed by atoms with E-state index in [-0.39, 0.29) is 26.9 Å². The Bertz CT molecular complexity index is 1440. The highest BCUT2D eigenvalue weighted by molar-refractivity contribution is 6.36. The van der Waals surface area contributed by atoms with E-state index in [0.717, 1.165) is 6.07 Å². The average Bonchev–Trinajstić information content (AvgIpc) is 3.09. The second-order valence-electron chi connectivity index (χ2n) is 7.54. The number of hydrazone groups is 1. The fourth-order valence-corrected chi connectivity index (χ4v) is 3.96. The molecule has 0 atom stereocenters. The minimum absolute atomic E-state index is 0.0801. The average molecular weight is 536 g/mol. The number of anilines is 1. The van der Waals surface area contributed by atoms with Crippen LogP contribution in [0.3, 0.4) is 0 Å². The maximum absolute atomic E-state index is 13.1. The van der Waals surface area contributed by atoms with E-state index >= 15 is 0 Å². The van der Waals surface area contributed by atoms with Crippen LogP contribution in [0.15, 0.2) is 71.3 Å². The van der Waals surface area contributed by atoms with Gasteiger partial charge in [0.05, 0.1) is 32.5 Å². The monoisotopic (exact) mass is 535 g/mol. The Morgan fingerprint density at radius 3 is 2.42 bits per heavy atom. The van der Waals surface area contributed by atoms with E-state index in [2.05, 4.69) is 5.10 Å². The number of carbonyl (C=O) groups excluding carboxylic acids is 1. The van der Waals surface area contributed by atoms with Gasteiger partial charge in [0.2, 0.25) is 5.75 Å². The Hall–Kier alpha value is -3.89. The van der Waals surface area contributed by atoms with Crippen molar-refractivity contribution in [1.82, 2.24) is 0 Å². The van der Waals surface area contributed by atoms with Crippen LogP contribution < -0.4 is 9.75 Å². The molecular weight excluding hydrogens is 522 g/mol. The molecule has 0 fully saturated rings. The molecule has 3 aromatic rings. The highest BCUT2D eigenvalue weighted by atomic mass is 35.5. The lowest BCUT2D eigenvalue weighted by molar-refractivity contribution is -0.385. The van der Waals surface area contributed by atoms with Gasteiger partial charge >= 0.3 is 11.9 Å². The van der Waals surface area contributed by atoms with E-state index in [1.54, 1.807) is 37.3 Å². The minimum atomic E-state index is -4.79. The molecule has 0 aliphatic carbocycles. The van der Waals surface area contributed by atoms with Gasteiger partial charge in [-0.3, -0.25) is 14.9 Å². The molecule has 36 heavy (non-hydrogen) atoms. The minimum Gasteiger partial charge on any atom is -0.448 e. The molecule has 0 saturated carbocycles. The van der Waals surface area contributed by atoms with Crippen LogP contribution in [0, 0.1) is 10.1 Å². The second kappa shape index (κ2) is 9.63. The zero-order valence-corrected chi connectivity index (χ0v) is 19.7. The van der Waals surface area contributed by atoms with Crippen LogP contribution in [0.4, 0.5) is 24.5 Å². The predicted octanol–water partition coefficient (Wildman–Crippen LogP) is 7.52. The van der Waals surface area contributed by atoms with Crippen LogP contribution in [0.2, 0.25) is 10.0 Å². The standard InChI is InChI=1S/C24H14Cl2F3N3O4/c1-13-18(23(33)31(30-13)17-5-3-2-4-6-17)10-14-9-16(25)12-19(26)22(14)36-21-8-7-15(24(27,28)29)11-20(21)32(34)35/h2-12H,1H3/b18-10+. The van der Waals surface area contributed by atoms with Crippen LogP contribution in [0.5, 0.6) is 11.5 Å². The van der Waals surface area contributed by atoms with Gasteiger partial charge in [0.15, 0.2) is 5.75 Å². The van der Waals surface area contributed by atoms with Crippen LogP contribution >= 0.6 is 23.2 Å². The topological polar surface area (TPSA) is 85.0 Å². The molecule has 4 rings (SSSR count). The van der Waals surface area contributed by atoms with E-state index in [4.69, 9.17) is 27.9 Å². The highest BCUT2D eigenvalue weighted by Crippen LogP contribution is 2.42. The lowest BCUT2D eigenvalue weighted by atomic mass is 10.1. The number of para-hydroxylation sites is 1. The number of nitro groups is 1. The van der Waals surface area contributed by atoms with Crippen LogP contribution in [-0.4, -0.2) is 16.5 Å². The quantitative estimate of drug-likeness (QED) is 0.192. The van der Waals surface area contributed by atoms with Crippen molar-refractivity contribution in [3.63, 3.8) is 0 Å². The van der Waals surface area contributed by atoms with Gasteiger partial charge in [-0.25, -0.2) is 0 Å². The highest BCUT2D eigenvalue weighted by Gasteiger charge is 2.34. The Kier molecular flexibility index (Phi) is 6.75. The summed E-state index contributed by atoms with van der Waals surface area (Å²) in [6.45, 7) is 1.61. The molecule has 1 aliphatic heterocycles. The Morgan fingerprint density at radius 2 is 1.78 bits per heavy atom. The van der Waals surface area contributed by atoms with Crippen LogP contribution in [0.25, 0.3) is 6.08 Å². The molecule has 0 aromatic heterocycles. The lowest BCUT2D eigenvalue weighted by Gasteiger charge is -2.14. The fraction of sp³-hybridized carbons (Fsp3) is 0.0833. The summed E-state index contributed by atoms with van der Waals surface area (Å²) in [6, 6.07) is 13.2. The van der Waals surface area contributed by atoms with E-state index < -0.39 is 34.0 Å². The summed E-state index contributed by atoms with van der Waals surface area (Å²) in [4.78, 5) is 23.6. The van der Waals surface area contributed by atoms with Gasteiger partial charge in [-0.1, -0.05) is 41.4 Å². The van der Waals surface area contributed by atoms with Crippen molar-refractivity contribution in [3.05, 3.63) is 97.5 Å². The molecule has 0 unspecified atom stereocenters. The third-order valence-corrected chi connectivity index (χ3v) is 5.59. The summed E-state index contributed by atoms with van der Waals surface area (Å²) >= 11 is 12.4. The molecule has 1 amide bonds. The number of alkyl halides is 3. The number of nitro benzene ring substituents is 1. The summed E-state index contributed by atoms with van der Waals surface area (Å²) in [5.41, 5.74) is -0.897. The third kappa shape index (κ3) is 5.05. The van der Waals surface area contributed by atoms with Crippen molar-refractivity contribution in [2.24, 2.45) is 5.10 Å². The van der Waals surface area contributed by atoms with Gasteiger partial charge < -0.3 is 4.74 Å². The zero-order valence-electron chi connectivity index (χ0n) is 18.2. The number of rotatable bonds is 5. The number of hydrogen-bond acceptors (Lipinski definition) is 5. The van der Waals surface area contributed by atoms with Gasteiger partial charge in [0.25, 0.3) is 5.91 Å². The summed E-state index contributed by atoms with van der Waals surface area (Å²) in [5, 5.41) is 17.0. The molecule has 1 aliphatic rings. The SMILES string of the molecule is CC1=NN(c2ccccc2)C(=O)/C1=C/c1cc(Cl)cc(Cl)c1Oc1ccc(C(F)(F)F)cc1[N+](=O)[O-]. The number of hydrogen-bond donors (Lipinski definition) is 0. The molecule has 7 nitrogen and oxygen atoms in total. The number of benzene rings is 3. The van der Waals surface area contributed by atoms with Crippen LogP contribution in [0.1, 0.15) is 18.1 Å². The summed E-state index contributed by atoms with van der Waals surface area (Å²) in [7, 11) is 0. The number of carbonyl (C=O) groups is 1. The number of ether oxygens (including phenoxy) is 1. The Balaban J connectivity index is 1.77. The predicted molar refractivity (Wildman–Crippen MR) is 130 cm³/mol. The zero-order chi connectivity index (χ0) is 26.2. The first-order valence-electron chi connectivity index (χ1n) is 10.1. The number of amides is 1. The first-order chi connectivity index (χ1) is 17.0. The molecule has 184 valence electrons. The molecule has 0 spiro atoms. The smallest absolute Gasteiger partial charge is 0.416 e. The fourth-order valence-electron chi connectivity index (χ4n) is 3.41. The number of nitrogens with zero attached hydrogens (tertiary/aromatic N) is 3. The van der Waals surface area contributed by atoms with Gasteiger partial charge in [0.1, 0.15) is 0 Å². The van der Waals surface area contributed by atoms with E-state index in [1.807, 2.05) is 0 Å². The maximum atomic E-state index is 13.1. The third-order valence-electron chi connectivity index (χ3n) is 5.10. The molecular formula is C24H14Cl2F3N3O4. The van der Waals surface area contributed by atoms with Crippen molar-refractivity contribution in [3.8, 4) is 11.5 Å². The number of halogens is 5. The summed E-state index contributed by atoms with van der Waals surface area (Å²) < 4.78 is 44.8.